The van der Waals surface area contributed by atoms with Crippen LogP contribution in [0.2, 0.25) is 0 Å². The fourth-order valence-corrected chi connectivity index (χ4v) is 4.22. The van der Waals surface area contributed by atoms with Crippen LogP contribution < -0.4 is 14.2 Å². The van der Waals surface area contributed by atoms with Gasteiger partial charge in [-0.1, -0.05) is 31.2 Å². The largest absolute Gasteiger partial charge is 0.491 e. The summed E-state index contributed by atoms with van der Waals surface area (Å²) in [6.07, 6.45) is 2.34. The number of rotatable bonds is 12. The maximum atomic E-state index is 12.6. The van der Waals surface area contributed by atoms with Crippen LogP contribution >= 0.6 is 11.8 Å². The Morgan fingerprint density at radius 2 is 1.75 bits per heavy atom. The fourth-order valence-electron chi connectivity index (χ4n) is 3.39. The molecule has 0 fully saturated rings. The summed E-state index contributed by atoms with van der Waals surface area (Å²) in [5, 5.41) is 15.5. The van der Waals surface area contributed by atoms with Crippen LogP contribution in [0.1, 0.15) is 25.8 Å². The van der Waals surface area contributed by atoms with E-state index >= 15 is 0 Å². The van der Waals surface area contributed by atoms with Crippen molar-refractivity contribution in [3.05, 3.63) is 59.7 Å². The van der Waals surface area contributed by atoms with Crippen molar-refractivity contribution in [2.45, 2.75) is 20.3 Å². The van der Waals surface area contributed by atoms with Crippen LogP contribution in [-0.4, -0.2) is 60.0 Å². The third-order valence-corrected chi connectivity index (χ3v) is 6.15. The summed E-state index contributed by atoms with van der Waals surface area (Å²) in [5.41, 5.74) is 0.862. The minimum Gasteiger partial charge on any atom is -0.491 e. The number of thioether (sulfide) groups is 1. The molecule has 2 heterocycles. The van der Waals surface area contributed by atoms with Crippen molar-refractivity contribution >= 4 is 39.8 Å². The van der Waals surface area contributed by atoms with Crippen molar-refractivity contribution in [1.82, 2.24) is 5.01 Å². The molecule has 0 unspecified atom stereocenters. The number of carbonyl (C=O) groups excluding carboxylic acids is 1. The number of amidine groups is 2. The van der Waals surface area contributed by atoms with E-state index in [1.807, 2.05) is 44.2 Å². The smallest absolute Gasteiger partial charge is 0.283 e. The predicted octanol–water partition coefficient (Wildman–Crippen LogP) is 4.59. The molecule has 10 heteroatoms. The summed E-state index contributed by atoms with van der Waals surface area (Å²) < 4.78 is 22.8. The highest BCUT2D eigenvalue weighted by Gasteiger charge is 2.35. The molecule has 9 nitrogen and oxygen atoms in total. The number of ether oxygens (including phenoxy) is 4. The van der Waals surface area contributed by atoms with Crippen LogP contribution in [0.4, 0.5) is 0 Å². The van der Waals surface area contributed by atoms with Gasteiger partial charge in [0.2, 0.25) is 5.17 Å². The third-order valence-electron chi connectivity index (χ3n) is 5.10. The molecule has 0 atom stereocenters. The Balaban J connectivity index is 1.34. The lowest BCUT2D eigenvalue weighted by Gasteiger charge is -2.20. The Morgan fingerprint density at radius 1 is 0.972 bits per heavy atom. The summed E-state index contributed by atoms with van der Waals surface area (Å²) in [4.78, 5) is 16.7. The first-order valence-electron chi connectivity index (χ1n) is 11.7. The lowest BCUT2D eigenvalue weighted by atomic mass is 10.1. The second-order valence-electron chi connectivity index (χ2n) is 7.63. The van der Waals surface area contributed by atoms with E-state index in [1.165, 1.54) is 16.8 Å². The van der Waals surface area contributed by atoms with Crippen molar-refractivity contribution in [2.24, 2.45) is 10.1 Å². The van der Waals surface area contributed by atoms with E-state index in [9.17, 15) is 4.79 Å². The molecule has 0 aromatic heterocycles. The zero-order valence-corrected chi connectivity index (χ0v) is 21.0. The van der Waals surface area contributed by atoms with E-state index in [2.05, 4.69) is 10.1 Å². The number of para-hydroxylation sites is 1. The Hall–Kier alpha value is -3.63. The Bertz CT molecular complexity index is 1200. The maximum absolute atomic E-state index is 12.6. The lowest BCUT2D eigenvalue weighted by Crippen LogP contribution is -2.35. The number of benzene rings is 2. The zero-order chi connectivity index (χ0) is 25.3. The molecule has 0 saturated heterocycles. The number of hydrogen-bond acceptors (Lipinski definition) is 8. The SMILES string of the molecule is CCOc1cc(/C=C2/C(=N)N3N=C(CC)SC3=NC2=O)ccc1OCCOCCOc1ccccc1. The Labute approximate surface area is 214 Å². The molecule has 4 rings (SSSR count). The molecule has 0 radical (unpaired) electrons. The van der Waals surface area contributed by atoms with Crippen LogP contribution in [0, 0.1) is 5.41 Å². The van der Waals surface area contributed by atoms with E-state index in [1.54, 1.807) is 24.3 Å². The van der Waals surface area contributed by atoms with Crippen molar-refractivity contribution in [1.29, 1.82) is 5.41 Å². The van der Waals surface area contributed by atoms with Crippen molar-refractivity contribution < 1.29 is 23.7 Å². The first-order valence-corrected chi connectivity index (χ1v) is 12.5. The molecule has 0 bridgehead atoms. The van der Waals surface area contributed by atoms with Crippen LogP contribution in [0.3, 0.4) is 0 Å². The number of nitrogens with zero attached hydrogens (tertiary/aromatic N) is 3. The molecule has 2 aromatic carbocycles. The summed E-state index contributed by atoms with van der Waals surface area (Å²) in [6, 6.07) is 14.9. The molecular weight excluding hydrogens is 480 g/mol. The minimum atomic E-state index is -0.460. The second kappa shape index (κ2) is 12.4. The van der Waals surface area contributed by atoms with Gasteiger partial charge in [-0.05, 0) is 61.0 Å². The van der Waals surface area contributed by atoms with Gasteiger partial charge >= 0.3 is 0 Å². The highest BCUT2D eigenvalue weighted by Crippen LogP contribution is 2.32. The summed E-state index contributed by atoms with van der Waals surface area (Å²) in [6.45, 7) is 5.96. The fraction of sp³-hybridized carbons (Fsp3) is 0.308. The predicted molar refractivity (Wildman–Crippen MR) is 141 cm³/mol. The molecule has 0 saturated carbocycles. The molecule has 1 amide bonds. The summed E-state index contributed by atoms with van der Waals surface area (Å²) in [5.74, 6) is 1.47. The van der Waals surface area contributed by atoms with Crippen LogP contribution in [0.15, 0.2) is 64.2 Å². The molecule has 2 aliphatic rings. The molecular formula is C26H28N4O5S. The van der Waals surface area contributed by atoms with Crippen LogP contribution in [0.5, 0.6) is 17.2 Å². The molecule has 1 N–H and O–H groups in total. The van der Waals surface area contributed by atoms with Crippen molar-refractivity contribution in [3.8, 4) is 17.2 Å². The van der Waals surface area contributed by atoms with Crippen molar-refractivity contribution in [3.63, 3.8) is 0 Å². The monoisotopic (exact) mass is 508 g/mol. The van der Waals surface area contributed by atoms with E-state index in [0.717, 1.165) is 10.8 Å². The number of hydrogen-bond donors (Lipinski definition) is 1. The second-order valence-corrected chi connectivity index (χ2v) is 8.67. The maximum Gasteiger partial charge on any atom is 0.283 e. The topological polar surface area (TPSA) is 106 Å². The highest BCUT2D eigenvalue weighted by atomic mass is 32.2. The van der Waals surface area contributed by atoms with Crippen molar-refractivity contribution in [2.75, 3.05) is 33.0 Å². The molecule has 0 aliphatic carbocycles. The van der Waals surface area contributed by atoms with Crippen LogP contribution in [0.25, 0.3) is 6.08 Å². The molecule has 2 aromatic rings. The van der Waals surface area contributed by atoms with E-state index in [4.69, 9.17) is 24.4 Å². The average Bonchev–Trinajstić information content (AvgIpc) is 3.31. The van der Waals surface area contributed by atoms with Gasteiger partial charge in [-0.15, -0.1) is 0 Å². The van der Waals surface area contributed by atoms with Gasteiger partial charge in [-0.2, -0.15) is 15.1 Å². The van der Waals surface area contributed by atoms with Gasteiger partial charge in [0.1, 0.15) is 24.0 Å². The summed E-state index contributed by atoms with van der Waals surface area (Å²) >= 11 is 1.32. The van der Waals surface area contributed by atoms with Gasteiger partial charge < -0.3 is 18.9 Å². The molecule has 188 valence electrons. The lowest BCUT2D eigenvalue weighted by molar-refractivity contribution is -0.114. The third kappa shape index (κ3) is 6.32. The standard InChI is InChI=1S/C26H28N4O5S/c1-3-23-29-30-24(27)20(25(31)28-26(30)36-23)16-18-10-11-21(22(17-18)33-4-2)35-15-13-32-12-14-34-19-8-6-5-7-9-19/h5-11,16-17,27H,3-4,12-15H2,1-2H3/b20-16-,27-24?. The average molecular weight is 509 g/mol. The zero-order valence-electron chi connectivity index (χ0n) is 20.2. The number of hydrazone groups is 1. The van der Waals surface area contributed by atoms with Gasteiger partial charge in [0.25, 0.3) is 5.91 Å². The van der Waals surface area contributed by atoms with E-state index in [-0.39, 0.29) is 11.4 Å². The number of nitrogens with one attached hydrogen (secondary N) is 1. The molecule has 36 heavy (non-hydrogen) atoms. The normalized spacial score (nSPS) is 16.1. The summed E-state index contributed by atoms with van der Waals surface area (Å²) in [7, 11) is 0. The first-order chi connectivity index (χ1) is 17.6. The van der Waals surface area contributed by atoms with Gasteiger partial charge in [-0.3, -0.25) is 10.2 Å². The number of carbonyl (C=O) groups is 1. The number of fused-ring (bicyclic) bond motifs is 1. The minimum absolute atomic E-state index is 0.00706. The van der Waals surface area contributed by atoms with E-state index < -0.39 is 5.91 Å². The number of aliphatic imine (C=N–C) groups is 1. The Kier molecular flexibility index (Phi) is 8.75. The van der Waals surface area contributed by atoms with Gasteiger partial charge in [0.05, 0.1) is 25.4 Å². The van der Waals surface area contributed by atoms with E-state index in [0.29, 0.717) is 61.7 Å². The first kappa shape index (κ1) is 25.5. The molecule has 0 spiro atoms. The Morgan fingerprint density at radius 3 is 2.50 bits per heavy atom. The van der Waals surface area contributed by atoms with Gasteiger partial charge in [0, 0.05) is 0 Å². The van der Waals surface area contributed by atoms with Crippen LogP contribution in [-0.2, 0) is 9.53 Å². The molecule has 2 aliphatic heterocycles. The number of amides is 1. The van der Waals surface area contributed by atoms with Gasteiger partial charge in [0.15, 0.2) is 17.3 Å². The highest BCUT2D eigenvalue weighted by molar-refractivity contribution is 8.26. The van der Waals surface area contributed by atoms with Gasteiger partial charge in [-0.25, -0.2) is 0 Å². The quantitative estimate of drug-likeness (QED) is 0.330.